The van der Waals surface area contributed by atoms with Crippen LogP contribution in [-0.4, -0.2) is 35.7 Å². The van der Waals surface area contributed by atoms with E-state index in [9.17, 15) is 19.7 Å². The molecule has 2 aromatic carbocycles. The minimum absolute atomic E-state index is 0.114. The molecule has 8 heteroatoms. The molecular formula is C20H20N2O5S. The number of hydrogen-bond acceptors (Lipinski definition) is 6. The van der Waals surface area contributed by atoms with Gasteiger partial charge in [0.1, 0.15) is 0 Å². The van der Waals surface area contributed by atoms with E-state index in [2.05, 4.69) is 5.32 Å². The smallest absolute Gasteiger partial charge is 0.331 e. The van der Waals surface area contributed by atoms with E-state index in [0.717, 1.165) is 17.6 Å². The molecule has 0 saturated heterocycles. The lowest BCUT2D eigenvalue weighted by atomic mass is 10.1. The van der Waals surface area contributed by atoms with Crippen molar-refractivity contribution in [1.82, 2.24) is 5.32 Å². The molecular weight excluding hydrogens is 380 g/mol. The Labute approximate surface area is 166 Å². The predicted octanol–water partition coefficient (Wildman–Crippen LogP) is 3.20. The van der Waals surface area contributed by atoms with Gasteiger partial charge in [-0.25, -0.2) is 4.79 Å². The van der Waals surface area contributed by atoms with Crippen LogP contribution in [-0.2, 0) is 20.1 Å². The Morgan fingerprint density at radius 2 is 1.82 bits per heavy atom. The molecule has 0 aliphatic rings. The zero-order valence-electron chi connectivity index (χ0n) is 15.1. The molecule has 0 fully saturated rings. The van der Waals surface area contributed by atoms with Crippen LogP contribution in [0.1, 0.15) is 11.1 Å². The molecule has 0 bridgehead atoms. The van der Waals surface area contributed by atoms with Crippen molar-refractivity contribution in [2.45, 2.75) is 5.75 Å². The normalized spacial score (nSPS) is 10.6. The van der Waals surface area contributed by atoms with Crippen molar-refractivity contribution in [3.63, 3.8) is 0 Å². The fourth-order valence-corrected chi connectivity index (χ4v) is 3.03. The summed E-state index contributed by atoms with van der Waals surface area (Å²) in [6, 6.07) is 16.0. The predicted molar refractivity (Wildman–Crippen MR) is 109 cm³/mol. The number of ether oxygens (including phenoxy) is 1. The number of nitrogens with one attached hydrogen (secondary N) is 1. The maximum atomic E-state index is 11.7. The molecule has 1 N–H and O–H groups in total. The Balaban J connectivity index is 1.64. The van der Waals surface area contributed by atoms with Gasteiger partial charge in [-0.15, -0.1) is 0 Å². The summed E-state index contributed by atoms with van der Waals surface area (Å²) in [5.74, 6) is 0.466. The minimum Gasteiger partial charge on any atom is -0.452 e. The summed E-state index contributed by atoms with van der Waals surface area (Å²) in [4.78, 5) is 33.7. The standard InChI is InChI=1S/C20H20N2O5S/c23-19(21-12-13-28-15-16-6-2-1-3-7-16)14-27-20(24)11-10-17-8-4-5-9-18(17)22(25)26/h1-11H,12-15H2,(H,21,23)/b11-10+. The molecule has 0 spiro atoms. The first-order valence-electron chi connectivity index (χ1n) is 8.53. The van der Waals surface area contributed by atoms with Gasteiger partial charge < -0.3 is 10.1 Å². The number of esters is 1. The molecule has 1 amide bonds. The third-order valence-electron chi connectivity index (χ3n) is 3.56. The maximum Gasteiger partial charge on any atom is 0.331 e. The number of para-hydroxylation sites is 1. The SMILES string of the molecule is O=C(COC(=O)/C=C/c1ccccc1[N+](=O)[O-])NCCSCc1ccccc1. The van der Waals surface area contributed by atoms with Crippen LogP contribution >= 0.6 is 11.8 Å². The highest BCUT2D eigenvalue weighted by molar-refractivity contribution is 7.98. The van der Waals surface area contributed by atoms with Crippen molar-refractivity contribution in [2.75, 3.05) is 18.9 Å². The van der Waals surface area contributed by atoms with Crippen LogP contribution in [0.5, 0.6) is 0 Å². The Morgan fingerprint density at radius 3 is 2.57 bits per heavy atom. The van der Waals surface area contributed by atoms with Gasteiger partial charge >= 0.3 is 5.97 Å². The average molecular weight is 400 g/mol. The number of amides is 1. The van der Waals surface area contributed by atoms with Crippen LogP contribution in [0.4, 0.5) is 5.69 Å². The van der Waals surface area contributed by atoms with Crippen LogP contribution in [0.15, 0.2) is 60.7 Å². The van der Waals surface area contributed by atoms with E-state index in [0.29, 0.717) is 6.54 Å². The number of nitro groups is 1. The molecule has 0 aliphatic carbocycles. The zero-order valence-corrected chi connectivity index (χ0v) is 15.9. The monoisotopic (exact) mass is 400 g/mol. The van der Waals surface area contributed by atoms with Crippen LogP contribution in [0.3, 0.4) is 0 Å². The summed E-state index contributed by atoms with van der Waals surface area (Å²) in [6.45, 7) is 0.0728. The Bertz CT molecular complexity index is 839. The van der Waals surface area contributed by atoms with Crippen molar-refractivity contribution >= 4 is 35.4 Å². The van der Waals surface area contributed by atoms with Gasteiger partial charge in [0.05, 0.1) is 10.5 Å². The van der Waals surface area contributed by atoms with E-state index < -0.39 is 23.4 Å². The lowest BCUT2D eigenvalue weighted by Gasteiger charge is -2.05. The summed E-state index contributed by atoms with van der Waals surface area (Å²) < 4.78 is 4.84. The topological polar surface area (TPSA) is 98.5 Å². The number of rotatable bonds is 10. The summed E-state index contributed by atoms with van der Waals surface area (Å²) in [6.07, 6.45) is 2.35. The minimum atomic E-state index is -0.744. The second-order valence-corrected chi connectivity index (χ2v) is 6.75. The van der Waals surface area contributed by atoms with Crippen LogP contribution in [0, 0.1) is 10.1 Å². The summed E-state index contributed by atoms with van der Waals surface area (Å²) >= 11 is 1.69. The number of hydrogen-bond donors (Lipinski definition) is 1. The average Bonchev–Trinajstić information content (AvgIpc) is 2.71. The molecule has 0 aromatic heterocycles. The third-order valence-corrected chi connectivity index (χ3v) is 4.59. The van der Waals surface area contributed by atoms with Gasteiger partial charge in [-0.05, 0) is 17.7 Å². The molecule has 0 atom stereocenters. The lowest BCUT2D eigenvalue weighted by Crippen LogP contribution is -2.30. The fourth-order valence-electron chi connectivity index (χ4n) is 2.22. The van der Waals surface area contributed by atoms with Crippen molar-refractivity contribution in [3.8, 4) is 0 Å². The zero-order chi connectivity index (χ0) is 20.2. The van der Waals surface area contributed by atoms with Gasteiger partial charge in [0.15, 0.2) is 6.61 Å². The van der Waals surface area contributed by atoms with Gasteiger partial charge in [-0.2, -0.15) is 11.8 Å². The molecule has 2 aromatic rings. The number of carbonyl (C=O) groups is 2. The quantitative estimate of drug-likeness (QED) is 0.216. The summed E-state index contributed by atoms with van der Waals surface area (Å²) in [5, 5.41) is 13.6. The van der Waals surface area contributed by atoms with Crippen molar-refractivity contribution in [1.29, 1.82) is 0 Å². The highest BCUT2D eigenvalue weighted by Crippen LogP contribution is 2.18. The molecule has 7 nitrogen and oxygen atoms in total. The molecule has 0 unspecified atom stereocenters. The highest BCUT2D eigenvalue weighted by Gasteiger charge is 2.10. The van der Waals surface area contributed by atoms with Crippen LogP contribution in [0.2, 0.25) is 0 Å². The van der Waals surface area contributed by atoms with Crippen molar-refractivity contribution in [3.05, 3.63) is 81.9 Å². The van der Waals surface area contributed by atoms with E-state index in [4.69, 9.17) is 4.74 Å². The number of carbonyl (C=O) groups excluding carboxylic acids is 2. The highest BCUT2D eigenvalue weighted by atomic mass is 32.2. The van der Waals surface area contributed by atoms with E-state index in [1.165, 1.54) is 29.8 Å². The summed E-state index contributed by atoms with van der Waals surface area (Å²) in [5.41, 5.74) is 1.39. The van der Waals surface area contributed by atoms with Gasteiger partial charge in [-0.3, -0.25) is 14.9 Å². The Kier molecular flexibility index (Phi) is 8.74. The van der Waals surface area contributed by atoms with Crippen molar-refractivity contribution < 1.29 is 19.2 Å². The van der Waals surface area contributed by atoms with E-state index in [1.807, 2.05) is 30.3 Å². The van der Waals surface area contributed by atoms with Crippen LogP contribution < -0.4 is 5.32 Å². The van der Waals surface area contributed by atoms with Gasteiger partial charge in [0, 0.05) is 30.2 Å². The number of thioether (sulfide) groups is 1. The van der Waals surface area contributed by atoms with E-state index in [1.54, 1.807) is 17.8 Å². The molecule has 2 rings (SSSR count). The lowest BCUT2D eigenvalue weighted by molar-refractivity contribution is -0.385. The molecule has 0 aliphatic heterocycles. The molecule has 28 heavy (non-hydrogen) atoms. The van der Waals surface area contributed by atoms with Gasteiger partial charge in [-0.1, -0.05) is 42.5 Å². The molecule has 0 heterocycles. The summed E-state index contributed by atoms with van der Waals surface area (Å²) in [7, 11) is 0. The first-order valence-corrected chi connectivity index (χ1v) is 9.68. The molecule has 0 saturated carbocycles. The molecule has 146 valence electrons. The maximum absolute atomic E-state index is 11.7. The fraction of sp³-hybridized carbons (Fsp3) is 0.200. The Hall–Kier alpha value is -3.13. The second kappa shape index (κ2) is 11.6. The molecule has 0 radical (unpaired) electrons. The first-order chi connectivity index (χ1) is 13.6. The number of nitro benzene ring substituents is 1. The number of nitrogens with zero attached hydrogens (tertiary/aromatic N) is 1. The van der Waals surface area contributed by atoms with Gasteiger partial charge in [0.2, 0.25) is 0 Å². The number of benzene rings is 2. The van der Waals surface area contributed by atoms with E-state index >= 15 is 0 Å². The van der Waals surface area contributed by atoms with Crippen LogP contribution in [0.25, 0.3) is 6.08 Å². The largest absolute Gasteiger partial charge is 0.452 e. The van der Waals surface area contributed by atoms with Crippen molar-refractivity contribution in [2.24, 2.45) is 0 Å². The third kappa shape index (κ3) is 7.63. The van der Waals surface area contributed by atoms with E-state index in [-0.39, 0.29) is 11.3 Å². The first kappa shape index (κ1) is 21.2. The Morgan fingerprint density at radius 1 is 1.11 bits per heavy atom. The second-order valence-electron chi connectivity index (χ2n) is 5.65. The van der Waals surface area contributed by atoms with Gasteiger partial charge in [0.25, 0.3) is 11.6 Å².